The van der Waals surface area contributed by atoms with E-state index < -0.39 is 11.8 Å². The third-order valence-corrected chi connectivity index (χ3v) is 4.43. The number of fused-ring (bicyclic) bond motifs is 1. The average molecular weight is 425 g/mol. The molecule has 0 fully saturated rings. The lowest BCUT2D eigenvalue weighted by molar-refractivity contribution is 0.0730. The maximum Gasteiger partial charge on any atom is 0.343 e. The molecule has 150 valence electrons. The first kappa shape index (κ1) is 19.6. The van der Waals surface area contributed by atoms with Crippen molar-refractivity contribution in [1.82, 2.24) is 9.97 Å². The molecule has 0 spiro atoms. The SMILES string of the molecule is COc1cc2c(Oc3ccc(Cl)cc3F)ncnc2cc1OC(=O)c1ccccc1. The minimum atomic E-state index is -0.630. The number of aromatic nitrogens is 2. The van der Waals surface area contributed by atoms with Gasteiger partial charge in [0, 0.05) is 11.1 Å². The Morgan fingerprint density at radius 2 is 1.77 bits per heavy atom. The molecule has 0 N–H and O–H groups in total. The average Bonchev–Trinajstić information content (AvgIpc) is 2.76. The second kappa shape index (κ2) is 8.34. The summed E-state index contributed by atoms with van der Waals surface area (Å²) >= 11 is 5.78. The van der Waals surface area contributed by atoms with E-state index in [1.54, 1.807) is 36.4 Å². The lowest BCUT2D eigenvalue weighted by Crippen LogP contribution is -2.09. The van der Waals surface area contributed by atoms with Gasteiger partial charge in [0.25, 0.3) is 0 Å². The molecule has 0 aliphatic heterocycles. The fourth-order valence-electron chi connectivity index (χ4n) is 2.76. The van der Waals surface area contributed by atoms with Crippen molar-refractivity contribution in [1.29, 1.82) is 0 Å². The number of carbonyl (C=O) groups excluding carboxylic acids is 1. The van der Waals surface area contributed by atoms with Gasteiger partial charge in [-0.25, -0.2) is 19.2 Å². The number of benzene rings is 3. The third kappa shape index (κ3) is 4.01. The zero-order chi connectivity index (χ0) is 21.1. The van der Waals surface area contributed by atoms with Crippen LogP contribution in [0.2, 0.25) is 5.02 Å². The number of halogens is 2. The fraction of sp³-hybridized carbons (Fsp3) is 0.0455. The van der Waals surface area contributed by atoms with Gasteiger partial charge in [0.15, 0.2) is 23.1 Å². The van der Waals surface area contributed by atoms with Crippen LogP contribution in [0.3, 0.4) is 0 Å². The Kier molecular flexibility index (Phi) is 5.45. The third-order valence-electron chi connectivity index (χ3n) is 4.20. The van der Waals surface area contributed by atoms with Crippen LogP contribution in [-0.2, 0) is 0 Å². The van der Waals surface area contributed by atoms with Crippen molar-refractivity contribution in [2.45, 2.75) is 0 Å². The van der Waals surface area contributed by atoms with Crippen LogP contribution in [0.5, 0.6) is 23.1 Å². The highest BCUT2D eigenvalue weighted by Crippen LogP contribution is 2.37. The van der Waals surface area contributed by atoms with E-state index in [4.69, 9.17) is 25.8 Å². The predicted octanol–water partition coefficient (Wildman–Crippen LogP) is 5.44. The predicted molar refractivity (Wildman–Crippen MR) is 109 cm³/mol. The van der Waals surface area contributed by atoms with Crippen LogP contribution >= 0.6 is 11.6 Å². The van der Waals surface area contributed by atoms with Gasteiger partial charge in [-0.3, -0.25) is 0 Å². The molecule has 0 saturated heterocycles. The van der Waals surface area contributed by atoms with Crippen LogP contribution in [0.4, 0.5) is 4.39 Å². The van der Waals surface area contributed by atoms with Gasteiger partial charge < -0.3 is 14.2 Å². The molecule has 0 unspecified atom stereocenters. The lowest BCUT2D eigenvalue weighted by atomic mass is 10.2. The van der Waals surface area contributed by atoms with Crippen molar-refractivity contribution in [3.63, 3.8) is 0 Å². The maximum absolute atomic E-state index is 14.1. The van der Waals surface area contributed by atoms with Gasteiger partial charge in [0.2, 0.25) is 5.88 Å². The van der Waals surface area contributed by atoms with Crippen molar-refractivity contribution in [2.75, 3.05) is 7.11 Å². The van der Waals surface area contributed by atoms with E-state index >= 15 is 0 Å². The summed E-state index contributed by atoms with van der Waals surface area (Å²) in [6.45, 7) is 0. The molecule has 0 aliphatic carbocycles. The summed E-state index contributed by atoms with van der Waals surface area (Å²) in [6, 6.07) is 15.7. The maximum atomic E-state index is 14.1. The van der Waals surface area contributed by atoms with Crippen molar-refractivity contribution in [3.05, 3.63) is 83.4 Å². The van der Waals surface area contributed by atoms with Crippen molar-refractivity contribution in [3.8, 4) is 23.1 Å². The van der Waals surface area contributed by atoms with Gasteiger partial charge in [-0.15, -0.1) is 0 Å². The monoisotopic (exact) mass is 424 g/mol. The van der Waals surface area contributed by atoms with Gasteiger partial charge in [0.1, 0.15) is 6.33 Å². The number of esters is 1. The summed E-state index contributed by atoms with van der Waals surface area (Å²) in [6.07, 6.45) is 1.26. The summed E-state index contributed by atoms with van der Waals surface area (Å²) < 4.78 is 30.6. The quantitative estimate of drug-likeness (QED) is 0.314. The van der Waals surface area contributed by atoms with Crippen molar-refractivity contribution < 1.29 is 23.4 Å². The van der Waals surface area contributed by atoms with E-state index in [0.29, 0.717) is 16.5 Å². The molecule has 8 heteroatoms. The molecular formula is C22H14ClFN2O4. The molecule has 3 aromatic carbocycles. The fourth-order valence-corrected chi connectivity index (χ4v) is 2.91. The van der Waals surface area contributed by atoms with E-state index in [1.165, 1.54) is 31.6 Å². The van der Waals surface area contributed by atoms with E-state index in [1.807, 2.05) is 0 Å². The number of ether oxygens (including phenoxy) is 3. The number of hydrogen-bond donors (Lipinski definition) is 0. The van der Waals surface area contributed by atoms with Crippen LogP contribution < -0.4 is 14.2 Å². The Morgan fingerprint density at radius 1 is 0.967 bits per heavy atom. The van der Waals surface area contributed by atoms with Crippen LogP contribution in [0.1, 0.15) is 10.4 Å². The Morgan fingerprint density at radius 3 is 2.50 bits per heavy atom. The molecule has 0 aliphatic rings. The standard InChI is InChI=1S/C22H14ClFN2O4/c1-28-19-10-15-17(11-20(19)30-22(27)13-5-3-2-4-6-13)25-12-26-21(15)29-18-8-7-14(23)9-16(18)24/h2-12H,1H3. The molecule has 0 bridgehead atoms. The number of rotatable bonds is 5. The lowest BCUT2D eigenvalue weighted by Gasteiger charge is -2.12. The van der Waals surface area contributed by atoms with Gasteiger partial charge in [-0.05, 0) is 36.4 Å². The Balaban J connectivity index is 1.71. The van der Waals surface area contributed by atoms with Gasteiger partial charge in [-0.1, -0.05) is 29.8 Å². The first-order valence-electron chi connectivity index (χ1n) is 8.78. The van der Waals surface area contributed by atoms with E-state index in [0.717, 1.165) is 6.07 Å². The van der Waals surface area contributed by atoms with E-state index in [-0.39, 0.29) is 28.2 Å². The van der Waals surface area contributed by atoms with Crippen LogP contribution in [-0.4, -0.2) is 23.0 Å². The first-order chi connectivity index (χ1) is 14.5. The molecule has 6 nitrogen and oxygen atoms in total. The second-order valence-electron chi connectivity index (χ2n) is 6.13. The summed E-state index contributed by atoms with van der Waals surface area (Å²) in [4.78, 5) is 20.7. The summed E-state index contributed by atoms with van der Waals surface area (Å²) in [7, 11) is 1.43. The van der Waals surface area contributed by atoms with Gasteiger partial charge >= 0.3 is 5.97 Å². The minimum Gasteiger partial charge on any atom is -0.493 e. The molecule has 4 rings (SSSR count). The molecule has 0 atom stereocenters. The summed E-state index contributed by atoms with van der Waals surface area (Å²) in [5, 5.41) is 0.696. The molecule has 0 saturated carbocycles. The second-order valence-corrected chi connectivity index (χ2v) is 6.57. The highest BCUT2D eigenvalue weighted by atomic mass is 35.5. The Labute approximate surface area is 175 Å². The van der Waals surface area contributed by atoms with Crippen LogP contribution in [0.15, 0.2) is 67.0 Å². The molecule has 30 heavy (non-hydrogen) atoms. The highest BCUT2D eigenvalue weighted by molar-refractivity contribution is 6.30. The van der Waals surface area contributed by atoms with E-state index in [2.05, 4.69) is 9.97 Å². The Bertz CT molecular complexity index is 1230. The largest absolute Gasteiger partial charge is 0.493 e. The summed E-state index contributed by atoms with van der Waals surface area (Å²) in [5.41, 5.74) is 0.815. The van der Waals surface area contributed by atoms with E-state index in [9.17, 15) is 9.18 Å². The highest BCUT2D eigenvalue weighted by Gasteiger charge is 2.17. The smallest absolute Gasteiger partial charge is 0.343 e. The molecule has 1 aromatic heterocycles. The molecule has 0 amide bonds. The zero-order valence-corrected chi connectivity index (χ0v) is 16.4. The van der Waals surface area contributed by atoms with Crippen molar-refractivity contribution >= 4 is 28.5 Å². The summed E-state index contributed by atoms with van der Waals surface area (Å²) in [5.74, 6) is -0.653. The number of methoxy groups -OCH3 is 1. The minimum absolute atomic E-state index is 0.0436. The van der Waals surface area contributed by atoms with Gasteiger partial charge in [0.05, 0.1) is 23.6 Å². The molecule has 1 heterocycles. The number of hydrogen-bond acceptors (Lipinski definition) is 6. The van der Waals surface area contributed by atoms with Gasteiger partial charge in [-0.2, -0.15) is 0 Å². The normalized spacial score (nSPS) is 10.6. The number of nitrogens with zero attached hydrogens (tertiary/aromatic N) is 2. The Hall–Kier alpha value is -3.71. The topological polar surface area (TPSA) is 70.5 Å². The van der Waals surface area contributed by atoms with Crippen LogP contribution in [0.25, 0.3) is 10.9 Å². The van der Waals surface area contributed by atoms with Crippen LogP contribution in [0, 0.1) is 5.82 Å². The first-order valence-corrected chi connectivity index (χ1v) is 9.16. The molecular weight excluding hydrogens is 411 g/mol. The molecule has 0 radical (unpaired) electrons. The molecule has 4 aromatic rings. The van der Waals surface area contributed by atoms with Crippen molar-refractivity contribution in [2.24, 2.45) is 0 Å². The number of carbonyl (C=O) groups is 1. The zero-order valence-electron chi connectivity index (χ0n) is 15.6.